The molecular weight excluding hydrogens is 327 g/mol. The molecule has 2 aliphatic heterocycles. The van der Waals surface area contributed by atoms with Gasteiger partial charge in [-0.3, -0.25) is 19.4 Å². The quantitative estimate of drug-likeness (QED) is 0.739. The van der Waals surface area contributed by atoms with Crippen LogP contribution in [-0.4, -0.2) is 60.4 Å². The van der Waals surface area contributed by atoms with Crippen LogP contribution < -0.4 is 10.6 Å². The molecule has 7 nitrogen and oxygen atoms in total. The van der Waals surface area contributed by atoms with Crippen molar-refractivity contribution in [2.45, 2.75) is 18.9 Å². The normalized spacial score (nSPS) is 19.2. The molecule has 0 radical (unpaired) electrons. The SMILES string of the molecule is O=C(CN1C(=O)CNC1=O)NC[C@H](c1ccccc1F)N1CCCC1. The number of nitrogens with one attached hydrogen (secondary N) is 2. The van der Waals surface area contributed by atoms with Crippen LogP contribution in [0.15, 0.2) is 24.3 Å². The zero-order chi connectivity index (χ0) is 17.8. The van der Waals surface area contributed by atoms with Gasteiger partial charge in [0.1, 0.15) is 12.4 Å². The lowest BCUT2D eigenvalue weighted by atomic mass is 10.0. The van der Waals surface area contributed by atoms with Crippen molar-refractivity contribution >= 4 is 17.8 Å². The number of rotatable bonds is 6. The number of nitrogens with zero attached hydrogens (tertiary/aromatic N) is 2. The second-order valence-corrected chi connectivity index (χ2v) is 6.22. The van der Waals surface area contributed by atoms with Crippen molar-refractivity contribution in [3.8, 4) is 0 Å². The van der Waals surface area contributed by atoms with Crippen molar-refractivity contribution in [3.63, 3.8) is 0 Å². The van der Waals surface area contributed by atoms with Gasteiger partial charge in [0.25, 0.3) is 5.91 Å². The number of urea groups is 1. The molecule has 0 saturated carbocycles. The molecule has 2 N–H and O–H groups in total. The van der Waals surface area contributed by atoms with E-state index in [0.717, 1.165) is 30.8 Å². The molecule has 3 rings (SSSR count). The molecule has 134 valence electrons. The van der Waals surface area contributed by atoms with Gasteiger partial charge in [-0.15, -0.1) is 0 Å². The summed E-state index contributed by atoms with van der Waals surface area (Å²) >= 11 is 0. The van der Waals surface area contributed by atoms with E-state index >= 15 is 0 Å². The first-order chi connectivity index (χ1) is 12.1. The Morgan fingerprint density at radius 2 is 1.96 bits per heavy atom. The van der Waals surface area contributed by atoms with Gasteiger partial charge in [0.05, 0.1) is 12.6 Å². The fourth-order valence-electron chi connectivity index (χ4n) is 3.26. The van der Waals surface area contributed by atoms with E-state index in [4.69, 9.17) is 0 Å². The Labute approximate surface area is 145 Å². The number of imide groups is 1. The van der Waals surface area contributed by atoms with Crippen molar-refractivity contribution in [2.24, 2.45) is 0 Å². The van der Waals surface area contributed by atoms with Crippen LogP contribution in [-0.2, 0) is 9.59 Å². The van der Waals surface area contributed by atoms with E-state index < -0.39 is 17.8 Å². The van der Waals surface area contributed by atoms with Crippen molar-refractivity contribution in [1.29, 1.82) is 0 Å². The Kier molecular flexibility index (Phi) is 5.28. The van der Waals surface area contributed by atoms with Crippen LogP contribution in [0, 0.1) is 5.82 Å². The van der Waals surface area contributed by atoms with E-state index in [1.807, 2.05) is 0 Å². The van der Waals surface area contributed by atoms with Crippen molar-refractivity contribution < 1.29 is 18.8 Å². The molecule has 0 spiro atoms. The number of amides is 4. The van der Waals surface area contributed by atoms with E-state index in [-0.39, 0.29) is 31.5 Å². The van der Waals surface area contributed by atoms with E-state index in [0.29, 0.717) is 5.56 Å². The molecule has 2 heterocycles. The van der Waals surface area contributed by atoms with Crippen LogP contribution in [0.2, 0.25) is 0 Å². The van der Waals surface area contributed by atoms with Gasteiger partial charge < -0.3 is 10.6 Å². The number of halogens is 1. The lowest BCUT2D eigenvalue weighted by Crippen LogP contribution is -2.43. The topological polar surface area (TPSA) is 81.8 Å². The minimum absolute atomic E-state index is 0.0856. The maximum atomic E-state index is 14.2. The summed E-state index contributed by atoms with van der Waals surface area (Å²) in [5.41, 5.74) is 0.541. The Balaban J connectivity index is 1.64. The maximum absolute atomic E-state index is 14.2. The summed E-state index contributed by atoms with van der Waals surface area (Å²) in [7, 11) is 0. The van der Waals surface area contributed by atoms with Crippen molar-refractivity contribution in [3.05, 3.63) is 35.6 Å². The third kappa shape index (κ3) is 3.96. The average Bonchev–Trinajstić information content (AvgIpc) is 3.22. The highest BCUT2D eigenvalue weighted by Gasteiger charge is 2.31. The van der Waals surface area contributed by atoms with Gasteiger partial charge in [0.2, 0.25) is 5.91 Å². The first kappa shape index (κ1) is 17.3. The Morgan fingerprint density at radius 1 is 1.24 bits per heavy atom. The molecule has 0 aromatic heterocycles. The minimum atomic E-state index is -0.564. The highest BCUT2D eigenvalue weighted by molar-refractivity contribution is 6.04. The molecule has 2 aliphatic rings. The fourth-order valence-corrected chi connectivity index (χ4v) is 3.26. The summed E-state index contributed by atoms with van der Waals surface area (Å²) in [6.45, 7) is 1.51. The molecule has 1 aromatic rings. The minimum Gasteiger partial charge on any atom is -0.353 e. The highest BCUT2D eigenvalue weighted by Crippen LogP contribution is 2.26. The van der Waals surface area contributed by atoms with E-state index in [2.05, 4.69) is 15.5 Å². The summed E-state index contributed by atoms with van der Waals surface area (Å²) in [6, 6.07) is 5.71. The molecule has 0 aliphatic carbocycles. The standard InChI is InChI=1S/C17H21FN4O3/c18-13-6-2-1-5-12(13)14(21-7-3-4-8-21)9-19-15(23)11-22-16(24)10-20-17(22)25/h1-2,5-6,14H,3-4,7-11H2,(H,19,23)(H,20,25)/t14-/m1/s1. The van der Waals surface area contributed by atoms with Crippen LogP contribution in [0.25, 0.3) is 0 Å². The molecule has 2 fully saturated rings. The zero-order valence-electron chi connectivity index (χ0n) is 13.8. The van der Waals surface area contributed by atoms with Crippen LogP contribution >= 0.6 is 0 Å². The number of carbonyl (C=O) groups excluding carboxylic acids is 3. The maximum Gasteiger partial charge on any atom is 0.325 e. The predicted molar refractivity (Wildman–Crippen MR) is 88.1 cm³/mol. The number of hydrogen-bond donors (Lipinski definition) is 2. The molecule has 8 heteroatoms. The average molecular weight is 348 g/mol. The van der Waals surface area contributed by atoms with E-state index in [1.54, 1.807) is 18.2 Å². The molecule has 1 atom stereocenters. The summed E-state index contributed by atoms with van der Waals surface area (Å²) in [4.78, 5) is 38.2. The first-order valence-electron chi connectivity index (χ1n) is 8.39. The van der Waals surface area contributed by atoms with Crippen LogP contribution in [0.4, 0.5) is 9.18 Å². The van der Waals surface area contributed by atoms with Gasteiger partial charge in [-0.05, 0) is 32.0 Å². The van der Waals surface area contributed by atoms with Gasteiger partial charge in [0.15, 0.2) is 0 Å². The molecular formula is C17H21FN4O3. The van der Waals surface area contributed by atoms with Crippen molar-refractivity contribution in [2.75, 3.05) is 32.7 Å². The molecule has 0 unspecified atom stereocenters. The molecule has 0 bridgehead atoms. The number of carbonyl (C=O) groups is 3. The summed E-state index contributed by atoms with van der Waals surface area (Å²) in [6.07, 6.45) is 2.09. The Morgan fingerprint density at radius 3 is 2.60 bits per heavy atom. The monoisotopic (exact) mass is 348 g/mol. The van der Waals surface area contributed by atoms with Crippen LogP contribution in [0.1, 0.15) is 24.4 Å². The lowest BCUT2D eigenvalue weighted by Gasteiger charge is -2.28. The Bertz CT molecular complexity index is 660. The molecule has 25 heavy (non-hydrogen) atoms. The van der Waals surface area contributed by atoms with Crippen LogP contribution in [0.5, 0.6) is 0 Å². The summed E-state index contributed by atoms with van der Waals surface area (Å²) < 4.78 is 14.2. The summed E-state index contributed by atoms with van der Waals surface area (Å²) in [5.74, 6) is -1.17. The largest absolute Gasteiger partial charge is 0.353 e. The molecule has 2 saturated heterocycles. The molecule has 4 amide bonds. The van der Waals surface area contributed by atoms with E-state index in [1.165, 1.54) is 6.07 Å². The van der Waals surface area contributed by atoms with Gasteiger partial charge >= 0.3 is 6.03 Å². The molecule has 1 aromatic carbocycles. The van der Waals surface area contributed by atoms with Gasteiger partial charge in [-0.1, -0.05) is 18.2 Å². The first-order valence-corrected chi connectivity index (χ1v) is 8.39. The van der Waals surface area contributed by atoms with E-state index in [9.17, 15) is 18.8 Å². The number of benzene rings is 1. The second-order valence-electron chi connectivity index (χ2n) is 6.22. The zero-order valence-corrected chi connectivity index (χ0v) is 13.8. The third-order valence-electron chi connectivity index (χ3n) is 4.58. The van der Waals surface area contributed by atoms with Crippen LogP contribution in [0.3, 0.4) is 0 Å². The second kappa shape index (κ2) is 7.60. The fraction of sp³-hybridized carbons (Fsp3) is 0.471. The lowest BCUT2D eigenvalue weighted by molar-refractivity contribution is -0.130. The van der Waals surface area contributed by atoms with Gasteiger partial charge in [0, 0.05) is 12.1 Å². The van der Waals surface area contributed by atoms with Gasteiger partial charge in [-0.2, -0.15) is 0 Å². The van der Waals surface area contributed by atoms with Gasteiger partial charge in [-0.25, -0.2) is 9.18 Å². The predicted octanol–water partition coefficient (Wildman–Crippen LogP) is 0.631. The smallest absolute Gasteiger partial charge is 0.325 e. The summed E-state index contributed by atoms with van der Waals surface area (Å²) in [5, 5.41) is 5.10. The van der Waals surface area contributed by atoms with Crippen molar-refractivity contribution in [1.82, 2.24) is 20.4 Å². The Hall–Kier alpha value is -2.48. The highest BCUT2D eigenvalue weighted by atomic mass is 19.1. The third-order valence-corrected chi connectivity index (χ3v) is 4.58. The number of likely N-dealkylation sites (tertiary alicyclic amines) is 1. The number of hydrogen-bond acceptors (Lipinski definition) is 4.